The van der Waals surface area contributed by atoms with Gasteiger partial charge in [0.05, 0.1) is 5.41 Å². The highest BCUT2D eigenvalue weighted by Gasteiger charge is 2.27. The number of aromatic hydroxyl groups is 1. The number of phenolic OH excluding ortho intramolecular Hbond substituents is 1. The summed E-state index contributed by atoms with van der Waals surface area (Å²) < 4.78 is 0. The van der Waals surface area contributed by atoms with Crippen LogP contribution in [0.5, 0.6) is 5.75 Å². The number of carboxylic acids is 1. The van der Waals surface area contributed by atoms with Gasteiger partial charge in [0.15, 0.2) is 0 Å². The molecular formula is C18H27NO3. The molecule has 1 saturated carbocycles. The van der Waals surface area contributed by atoms with Crippen molar-refractivity contribution in [3.8, 4) is 5.75 Å². The smallest absolute Gasteiger partial charge is 0.309 e. The molecule has 22 heavy (non-hydrogen) atoms. The Morgan fingerprint density at radius 3 is 2.32 bits per heavy atom. The van der Waals surface area contributed by atoms with Gasteiger partial charge in [-0.3, -0.25) is 4.79 Å². The van der Waals surface area contributed by atoms with Crippen molar-refractivity contribution < 1.29 is 15.0 Å². The molecule has 0 bridgehead atoms. The SMILES string of the molecule is CC(C)(CCNC1CCC(c2ccc(O)cc2)CC1)C(=O)O. The average Bonchev–Trinajstić information content (AvgIpc) is 2.48. The average molecular weight is 305 g/mol. The Labute approximate surface area is 132 Å². The lowest BCUT2D eigenvalue weighted by atomic mass is 9.81. The number of hydrogen-bond acceptors (Lipinski definition) is 3. The zero-order valence-electron chi connectivity index (χ0n) is 13.5. The summed E-state index contributed by atoms with van der Waals surface area (Å²) in [5, 5.41) is 22.0. The highest BCUT2D eigenvalue weighted by molar-refractivity contribution is 5.73. The van der Waals surface area contributed by atoms with Crippen LogP contribution < -0.4 is 5.32 Å². The van der Waals surface area contributed by atoms with Crippen LogP contribution in [0.3, 0.4) is 0 Å². The van der Waals surface area contributed by atoms with Crippen LogP contribution in [0.2, 0.25) is 0 Å². The molecule has 0 atom stereocenters. The minimum atomic E-state index is -0.731. The summed E-state index contributed by atoms with van der Waals surface area (Å²) in [6.45, 7) is 4.31. The van der Waals surface area contributed by atoms with E-state index in [1.165, 1.54) is 5.56 Å². The normalized spacial score (nSPS) is 22.5. The first-order valence-corrected chi connectivity index (χ1v) is 8.14. The molecule has 1 aliphatic carbocycles. The Morgan fingerprint density at radius 2 is 1.77 bits per heavy atom. The molecule has 1 aromatic carbocycles. The topological polar surface area (TPSA) is 69.6 Å². The maximum atomic E-state index is 11.1. The molecule has 4 heteroatoms. The molecule has 0 amide bonds. The highest BCUT2D eigenvalue weighted by atomic mass is 16.4. The molecule has 0 heterocycles. The van der Waals surface area contributed by atoms with Crippen molar-refractivity contribution in [1.82, 2.24) is 5.32 Å². The van der Waals surface area contributed by atoms with E-state index in [1.54, 1.807) is 26.0 Å². The van der Waals surface area contributed by atoms with Gasteiger partial charge in [-0.25, -0.2) is 0 Å². The lowest BCUT2D eigenvalue weighted by Crippen LogP contribution is -2.36. The number of phenols is 1. The third-order valence-corrected chi connectivity index (χ3v) is 4.85. The molecule has 1 aliphatic rings. The van der Waals surface area contributed by atoms with Crippen LogP contribution in [0.1, 0.15) is 57.4 Å². The van der Waals surface area contributed by atoms with Gasteiger partial charge >= 0.3 is 5.97 Å². The Balaban J connectivity index is 1.73. The molecule has 1 aromatic rings. The minimum Gasteiger partial charge on any atom is -0.508 e. The molecule has 0 unspecified atom stereocenters. The maximum absolute atomic E-state index is 11.1. The first-order chi connectivity index (χ1) is 10.4. The van der Waals surface area contributed by atoms with Gasteiger partial charge in [0.25, 0.3) is 0 Å². The zero-order valence-corrected chi connectivity index (χ0v) is 13.5. The molecule has 0 spiro atoms. The van der Waals surface area contributed by atoms with Crippen LogP contribution in [0.25, 0.3) is 0 Å². The van der Waals surface area contributed by atoms with E-state index in [0.29, 0.717) is 24.1 Å². The predicted octanol–water partition coefficient (Wildman–Crippen LogP) is 3.51. The summed E-state index contributed by atoms with van der Waals surface area (Å²) in [5.41, 5.74) is 0.652. The van der Waals surface area contributed by atoms with Gasteiger partial charge < -0.3 is 15.5 Å². The Morgan fingerprint density at radius 1 is 1.18 bits per heavy atom. The molecular weight excluding hydrogens is 278 g/mol. The summed E-state index contributed by atoms with van der Waals surface area (Å²) >= 11 is 0. The number of aliphatic carboxylic acids is 1. The van der Waals surface area contributed by atoms with E-state index < -0.39 is 11.4 Å². The summed E-state index contributed by atoms with van der Waals surface area (Å²) in [4.78, 5) is 11.1. The lowest BCUT2D eigenvalue weighted by Gasteiger charge is -2.30. The molecule has 122 valence electrons. The minimum absolute atomic E-state index is 0.320. The highest BCUT2D eigenvalue weighted by Crippen LogP contribution is 2.33. The molecule has 0 saturated heterocycles. The second-order valence-electron chi connectivity index (χ2n) is 7.03. The van der Waals surface area contributed by atoms with Crippen molar-refractivity contribution in [1.29, 1.82) is 0 Å². The van der Waals surface area contributed by atoms with E-state index in [9.17, 15) is 9.90 Å². The predicted molar refractivity (Wildman–Crippen MR) is 87.1 cm³/mol. The molecule has 0 aromatic heterocycles. The van der Waals surface area contributed by atoms with Crippen LogP contribution in [-0.2, 0) is 4.79 Å². The van der Waals surface area contributed by atoms with Gasteiger partial charge in [0.2, 0.25) is 0 Å². The van der Waals surface area contributed by atoms with E-state index in [4.69, 9.17) is 5.11 Å². The quantitative estimate of drug-likeness (QED) is 0.752. The second-order valence-corrected chi connectivity index (χ2v) is 7.03. The summed E-state index contributed by atoms with van der Waals surface area (Å²) in [6.07, 6.45) is 5.19. The van der Waals surface area contributed by atoms with Crippen LogP contribution in [-0.4, -0.2) is 28.8 Å². The standard InChI is InChI=1S/C18H27NO3/c1-18(2,17(21)22)11-12-19-15-7-3-13(4-8-15)14-5-9-16(20)10-6-14/h5-6,9-10,13,15,19-20H,3-4,7-8,11-12H2,1-2H3,(H,21,22). The number of rotatable bonds is 6. The summed E-state index contributed by atoms with van der Waals surface area (Å²) in [5.74, 6) is 0.166. The van der Waals surface area contributed by atoms with Crippen molar-refractivity contribution in [3.05, 3.63) is 29.8 Å². The van der Waals surface area contributed by atoms with Gasteiger partial charge in [-0.05, 0) is 76.1 Å². The maximum Gasteiger partial charge on any atom is 0.309 e. The van der Waals surface area contributed by atoms with Crippen LogP contribution in [0.15, 0.2) is 24.3 Å². The zero-order chi connectivity index (χ0) is 16.2. The molecule has 4 nitrogen and oxygen atoms in total. The Bertz CT molecular complexity index is 488. The summed E-state index contributed by atoms with van der Waals surface area (Å²) in [6, 6.07) is 8.05. The van der Waals surface area contributed by atoms with Crippen LogP contribution >= 0.6 is 0 Å². The van der Waals surface area contributed by atoms with E-state index >= 15 is 0 Å². The van der Waals surface area contributed by atoms with Gasteiger partial charge in [-0.2, -0.15) is 0 Å². The fourth-order valence-electron chi connectivity index (χ4n) is 3.07. The Hall–Kier alpha value is -1.55. The number of carbonyl (C=O) groups is 1. The first kappa shape index (κ1) is 16.8. The van der Waals surface area contributed by atoms with Crippen molar-refractivity contribution in [2.75, 3.05) is 6.54 Å². The van der Waals surface area contributed by atoms with Crippen molar-refractivity contribution in [3.63, 3.8) is 0 Å². The fraction of sp³-hybridized carbons (Fsp3) is 0.611. The molecule has 0 radical (unpaired) electrons. The van der Waals surface area contributed by atoms with Crippen LogP contribution in [0.4, 0.5) is 0 Å². The van der Waals surface area contributed by atoms with Crippen molar-refractivity contribution in [2.24, 2.45) is 5.41 Å². The van der Waals surface area contributed by atoms with E-state index in [2.05, 4.69) is 5.32 Å². The third kappa shape index (κ3) is 4.47. The molecule has 2 rings (SSSR count). The number of carboxylic acid groups (broad SMARTS) is 1. The number of hydrogen-bond donors (Lipinski definition) is 3. The van der Waals surface area contributed by atoms with Gasteiger partial charge in [0, 0.05) is 6.04 Å². The van der Waals surface area contributed by atoms with E-state index in [1.807, 2.05) is 12.1 Å². The van der Waals surface area contributed by atoms with Gasteiger partial charge in [-0.15, -0.1) is 0 Å². The number of benzene rings is 1. The fourth-order valence-corrected chi connectivity index (χ4v) is 3.07. The molecule has 3 N–H and O–H groups in total. The third-order valence-electron chi connectivity index (χ3n) is 4.85. The summed E-state index contributed by atoms with van der Waals surface area (Å²) in [7, 11) is 0. The molecule has 0 aliphatic heterocycles. The van der Waals surface area contributed by atoms with E-state index in [0.717, 1.165) is 32.2 Å². The number of nitrogens with one attached hydrogen (secondary N) is 1. The molecule has 1 fully saturated rings. The second kappa shape index (κ2) is 7.14. The van der Waals surface area contributed by atoms with Crippen LogP contribution in [0, 0.1) is 5.41 Å². The van der Waals surface area contributed by atoms with E-state index in [-0.39, 0.29) is 0 Å². The first-order valence-electron chi connectivity index (χ1n) is 8.14. The Kier molecular flexibility index (Phi) is 5.46. The van der Waals surface area contributed by atoms with Crippen molar-refractivity contribution >= 4 is 5.97 Å². The monoisotopic (exact) mass is 305 g/mol. The largest absolute Gasteiger partial charge is 0.508 e. The van der Waals surface area contributed by atoms with Crippen molar-refractivity contribution in [2.45, 2.75) is 57.9 Å². The van der Waals surface area contributed by atoms with Gasteiger partial charge in [0.1, 0.15) is 5.75 Å². The lowest BCUT2D eigenvalue weighted by molar-refractivity contribution is -0.147. The van der Waals surface area contributed by atoms with Gasteiger partial charge in [-0.1, -0.05) is 12.1 Å².